The van der Waals surface area contributed by atoms with Crippen LogP contribution in [-0.4, -0.2) is 49.4 Å². The second-order valence-electron chi connectivity index (χ2n) is 6.16. The molecule has 0 bridgehead atoms. The van der Waals surface area contributed by atoms with Crippen LogP contribution >= 0.6 is 15.9 Å². The quantitative estimate of drug-likeness (QED) is 0.869. The topological polar surface area (TPSA) is 50.8 Å². The van der Waals surface area contributed by atoms with Gasteiger partial charge in [0, 0.05) is 16.1 Å². The molecule has 5 nitrogen and oxygen atoms in total. The Morgan fingerprint density at radius 1 is 1.30 bits per heavy atom. The summed E-state index contributed by atoms with van der Waals surface area (Å²) in [4.78, 5) is 14.7. The van der Waals surface area contributed by atoms with Crippen molar-refractivity contribution in [2.45, 2.75) is 32.1 Å². The van der Waals surface area contributed by atoms with E-state index in [1.165, 1.54) is 0 Å². The summed E-state index contributed by atoms with van der Waals surface area (Å²) in [6.07, 6.45) is 1.99. The molecule has 1 aromatic carbocycles. The normalized spacial score (nSPS) is 22.2. The molecule has 2 saturated heterocycles. The number of likely N-dealkylation sites (tertiary alicyclic amines) is 1. The summed E-state index contributed by atoms with van der Waals surface area (Å²) < 4.78 is 12.2. The van der Waals surface area contributed by atoms with Crippen molar-refractivity contribution in [2.75, 3.05) is 31.6 Å². The number of carbonyl (C=O) groups excluding carboxylic acids is 1. The van der Waals surface area contributed by atoms with Crippen LogP contribution < -0.4 is 5.32 Å². The number of amides is 1. The number of halogens is 1. The SMILES string of the molecule is CC(C(=O)Nc1cccc(Br)c1)N1CCC(C2OCCO2)CC1. The smallest absolute Gasteiger partial charge is 0.241 e. The highest BCUT2D eigenvalue weighted by molar-refractivity contribution is 9.10. The molecule has 1 atom stereocenters. The fraction of sp³-hybridized carbons (Fsp3) is 0.588. The van der Waals surface area contributed by atoms with Crippen LogP contribution in [0, 0.1) is 5.92 Å². The van der Waals surface area contributed by atoms with Gasteiger partial charge in [-0.15, -0.1) is 0 Å². The second kappa shape index (κ2) is 7.75. The van der Waals surface area contributed by atoms with Gasteiger partial charge in [-0.25, -0.2) is 0 Å². The van der Waals surface area contributed by atoms with Gasteiger partial charge in [-0.3, -0.25) is 9.69 Å². The number of anilines is 1. The minimum Gasteiger partial charge on any atom is -0.350 e. The van der Waals surface area contributed by atoms with Crippen LogP contribution in [0.2, 0.25) is 0 Å². The molecular formula is C17H23BrN2O3. The summed E-state index contributed by atoms with van der Waals surface area (Å²) >= 11 is 3.42. The highest BCUT2D eigenvalue weighted by Gasteiger charge is 2.33. The van der Waals surface area contributed by atoms with Crippen LogP contribution in [-0.2, 0) is 14.3 Å². The summed E-state index contributed by atoms with van der Waals surface area (Å²) in [7, 11) is 0. The van der Waals surface area contributed by atoms with E-state index in [4.69, 9.17) is 9.47 Å². The molecule has 2 heterocycles. The van der Waals surface area contributed by atoms with E-state index in [-0.39, 0.29) is 18.2 Å². The Morgan fingerprint density at radius 3 is 2.65 bits per heavy atom. The molecule has 2 aliphatic heterocycles. The van der Waals surface area contributed by atoms with Gasteiger partial charge in [-0.1, -0.05) is 22.0 Å². The van der Waals surface area contributed by atoms with E-state index >= 15 is 0 Å². The van der Waals surface area contributed by atoms with Crippen molar-refractivity contribution in [2.24, 2.45) is 5.92 Å². The van der Waals surface area contributed by atoms with Crippen LogP contribution in [0.3, 0.4) is 0 Å². The maximum absolute atomic E-state index is 12.4. The lowest BCUT2D eigenvalue weighted by molar-refractivity contribution is -0.123. The average Bonchev–Trinajstić information content (AvgIpc) is 3.09. The Kier molecular flexibility index (Phi) is 5.69. The van der Waals surface area contributed by atoms with E-state index in [0.717, 1.165) is 36.1 Å². The first kappa shape index (κ1) is 16.9. The molecule has 0 aromatic heterocycles. The van der Waals surface area contributed by atoms with Gasteiger partial charge in [0.05, 0.1) is 19.3 Å². The third kappa shape index (κ3) is 4.32. The number of piperidine rings is 1. The van der Waals surface area contributed by atoms with Crippen molar-refractivity contribution in [3.05, 3.63) is 28.7 Å². The molecule has 1 amide bonds. The number of nitrogens with one attached hydrogen (secondary N) is 1. The Labute approximate surface area is 145 Å². The van der Waals surface area contributed by atoms with E-state index < -0.39 is 0 Å². The third-order valence-electron chi connectivity index (χ3n) is 4.63. The predicted molar refractivity (Wildman–Crippen MR) is 92.2 cm³/mol. The molecule has 2 fully saturated rings. The first-order valence-electron chi connectivity index (χ1n) is 8.17. The Hall–Kier alpha value is -0.950. The van der Waals surface area contributed by atoms with Crippen molar-refractivity contribution in [3.63, 3.8) is 0 Å². The van der Waals surface area contributed by atoms with E-state index in [1.54, 1.807) is 0 Å². The molecule has 0 aliphatic carbocycles. The molecule has 2 aliphatic rings. The minimum atomic E-state index is -0.139. The lowest BCUT2D eigenvalue weighted by Gasteiger charge is -2.36. The van der Waals surface area contributed by atoms with Crippen LogP contribution in [0.4, 0.5) is 5.69 Å². The van der Waals surface area contributed by atoms with Crippen LogP contribution in [0.5, 0.6) is 0 Å². The number of hydrogen-bond donors (Lipinski definition) is 1. The number of benzene rings is 1. The largest absolute Gasteiger partial charge is 0.350 e. The Bertz CT molecular complexity index is 540. The number of ether oxygens (including phenoxy) is 2. The van der Waals surface area contributed by atoms with E-state index in [0.29, 0.717) is 19.1 Å². The number of hydrogen-bond acceptors (Lipinski definition) is 4. The highest BCUT2D eigenvalue weighted by atomic mass is 79.9. The summed E-state index contributed by atoms with van der Waals surface area (Å²) in [6, 6.07) is 7.52. The second-order valence-corrected chi connectivity index (χ2v) is 7.07. The molecule has 6 heteroatoms. The van der Waals surface area contributed by atoms with E-state index in [9.17, 15) is 4.79 Å². The molecule has 0 radical (unpaired) electrons. The zero-order valence-electron chi connectivity index (χ0n) is 13.3. The number of nitrogens with zero attached hydrogens (tertiary/aromatic N) is 1. The van der Waals surface area contributed by atoms with E-state index in [2.05, 4.69) is 26.1 Å². The maximum Gasteiger partial charge on any atom is 0.241 e. The third-order valence-corrected chi connectivity index (χ3v) is 5.12. The molecule has 23 heavy (non-hydrogen) atoms. The first-order chi connectivity index (χ1) is 11.1. The van der Waals surface area contributed by atoms with Crippen LogP contribution in [0.25, 0.3) is 0 Å². The zero-order chi connectivity index (χ0) is 16.2. The van der Waals surface area contributed by atoms with Gasteiger partial charge in [0.25, 0.3) is 0 Å². The van der Waals surface area contributed by atoms with Gasteiger partial charge >= 0.3 is 0 Å². The fourth-order valence-electron chi connectivity index (χ4n) is 3.21. The summed E-state index contributed by atoms with van der Waals surface area (Å²) in [6.45, 7) is 5.19. The monoisotopic (exact) mass is 382 g/mol. The first-order valence-corrected chi connectivity index (χ1v) is 8.96. The standard InChI is InChI=1S/C17H23BrN2O3/c1-12(16(21)19-15-4-2-3-14(18)11-15)20-7-5-13(6-8-20)17-22-9-10-23-17/h2-4,11-13,17H,5-10H2,1H3,(H,19,21). The van der Waals surface area contributed by atoms with Crippen molar-refractivity contribution in [1.82, 2.24) is 4.90 Å². The molecule has 1 aromatic rings. The van der Waals surface area contributed by atoms with Gasteiger partial charge in [0.2, 0.25) is 5.91 Å². The molecule has 0 spiro atoms. The van der Waals surface area contributed by atoms with Crippen molar-refractivity contribution in [1.29, 1.82) is 0 Å². The average molecular weight is 383 g/mol. The highest BCUT2D eigenvalue weighted by Crippen LogP contribution is 2.27. The molecular weight excluding hydrogens is 360 g/mol. The van der Waals surface area contributed by atoms with Gasteiger partial charge < -0.3 is 14.8 Å². The number of rotatable bonds is 4. The molecule has 1 N–H and O–H groups in total. The van der Waals surface area contributed by atoms with E-state index in [1.807, 2.05) is 31.2 Å². The predicted octanol–water partition coefficient (Wildman–Crippen LogP) is 2.86. The molecule has 3 rings (SSSR count). The van der Waals surface area contributed by atoms with Gasteiger partial charge in [-0.2, -0.15) is 0 Å². The summed E-state index contributed by atoms with van der Waals surface area (Å²) in [5.74, 6) is 0.490. The van der Waals surface area contributed by atoms with Crippen molar-refractivity contribution < 1.29 is 14.3 Å². The van der Waals surface area contributed by atoms with Crippen molar-refractivity contribution in [3.8, 4) is 0 Å². The fourth-order valence-corrected chi connectivity index (χ4v) is 3.61. The maximum atomic E-state index is 12.4. The van der Waals surface area contributed by atoms with Crippen LogP contribution in [0.1, 0.15) is 19.8 Å². The summed E-state index contributed by atoms with van der Waals surface area (Å²) in [5, 5.41) is 2.99. The van der Waals surface area contributed by atoms with Gasteiger partial charge in [-0.05, 0) is 51.1 Å². The Balaban J connectivity index is 1.50. The Morgan fingerprint density at radius 2 is 2.00 bits per heavy atom. The minimum absolute atomic E-state index is 0.0370. The van der Waals surface area contributed by atoms with Gasteiger partial charge in [0.15, 0.2) is 6.29 Å². The zero-order valence-corrected chi connectivity index (χ0v) is 14.9. The van der Waals surface area contributed by atoms with Crippen molar-refractivity contribution >= 4 is 27.5 Å². The van der Waals surface area contributed by atoms with Gasteiger partial charge in [0.1, 0.15) is 0 Å². The van der Waals surface area contributed by atoms with Crippen LogP contribution in [0.15, 0.2) is 28.7 Å². The molecule has 1 unspecified atom stereocenters. The lowest BCUT2D eigenvalue weighted by Crippen LogP contribution is -2.47. The molecule has 126 valence electrons. The lowest BCUT2D eigenvalue weighted by atomic mass is 9.95. The molecule has 0 saturated carbocycles. The summed E-state index contributed by atoms with van der Waals surface area (Å²) in [5.41, 5.74) is 0.818. The number of carbonyl (C=O) groups is 1.